The second-order valence-corrected chi connectivity index (χ2v) is 5.59. The van der Waals surface area contributed by atoms with E-state index in [0.717, 1.165) is 11.5 Å². The molecule has 1 aromatic heterocycles. The van der Waals surface area contributed by atoms with Gasteiger partial charge in [0.25, 0.3) is 0 Å². The van der Waals surface area contributed by atoms with Gasteiger partial charge in [-0.05, 0) is 31.0 Å². The molecule has 2 aromatic rings. The van der Waals surface area contributed by atoms with Crippen LogP contribution in [0.5, 0.6) is 0 Å². The second kappa shape index (κ2) is 7.07. The molecule has 4 nitrogen and oxygen atoms in total. The van der Waals surface area contributed by atoms with Crippen molar-refractivity contribution in [3.05, 3.63) is 42.6 Å². The van der Waals surface area contributed by atoms with Gasteiger partial charge in [-0.15, -0.1) is 0 Å². The van der Waals surface area contributed by atoms with Crippen LogP contribution < -0.4 is 10.6 Å². The average Bonchev–Trinajstić information content (AvgIpc) is 2.77. The van der Waals surface area contributed by atoms with Crippen LogP contribution in [0.15, 0.2) is 42.6 Å². The van der Waals surface area contributed by atoms with Crippen LogP contribution in [0.2, 0.25) is 0 Å². The Hall–Kier alpha value is -2.10. The Morgan fingerprint density at radius 3 is 2.43 bits per heavy atom. The lowest BCUT2D eigenvalue weighted by Crippen LogP contribution is -2.19. The van der Waals surface area contributed by atoms with E-state index in [0.29, 0.717) is 12.0 Å². The van der Waals surface area contributed by atoms with Crippen LogP contribution in [0.4, 0.5) is 17.5 Å². The average molecular weight is 282 g/mol. The minimum Gasteiger partial charge on any atom is -0.367 e. The van der Waals surface area contributed by atoms with E-state index in [1.54, 1.807) is 6.20 Å². The van der Waals surface area contributed by atoms with Gasteiger partial charge >= 0.3 is 0 Å². The molecule has 1 heterocycles. The fraction of sp³-hybridized carbons (Fsp3) is 0.412. The number of benzene rings is 1. The van der Waals surface area contributed by atoms with Crippen LogP contribution >= 0.6 is 0 Å². The highest BCUT2D eigenvalue weighted by Gasteiger charge is 2.12. The Bertz CT molecular complexity index is 548. The van der Waals surface area contributed by atoms with E-state index in [-0.39, 0.29) is 0 Å². The first-order valence-electron chi connectivity index (χ1n) is 7.82. The third-order valence-corrected chi connectivity index (χ3v) is 3.89. The van der Waals surface area contributed by atoms with Crippen molar-refractivity contribution in [1.82, 2.24) is 9.97 Å². The van der Waals surface area contributed by atoms with Gasteiger partial charge in [0.2, 0.25) is 5.95 Å². The maximum atomic E-state index is 4.56. The Balaban J connectivity index is 1.65. The lowest BCUT2D eigenvalue weighted by atomic mass is 10.1. The molecule has 0 saturated heterocycles. The zero-order valence-electron chi connectivity index (χ0n) is 12.3. The first-order chi connectivity index (χ1) is 10.4. The molecule has 0 unspecified atom stereocenters. The smallest absolute Gasteiger partial charge is 0.229 e. The molecule has 3 rings (SSSR count). The number of para-hydroxylation sites is 1. The van der Waals surface area contributed by atoms with Crippen LogP contribution in [0.1, 0.15) is 38.5 Å². The van der Waals surface area contributed by atoms with Crippen molar-refractivity contribution in [1.29, 1.82) is 0 Å². The molecule has 0 aliphatic heterocycles. The predicted octanol–water partition coefficient (Wildman–Crippen LogP) is 4.35. The molecule has 0 spiro atoms. The first-order valence-corrected chi connectivity index (χ1v) is 7.82. The minimum atomic E-state index is 0.548. The summed E-state index contributed by atoms with van der Waals surface area (Å²) < 4.78 is 0. The molecule has 1 aromatic carbocycles. The highest BCUT2D eigenvalue weighted by atomic mass is 15.1. The first kappa shape index (κ1) is 13.9. The molecule has 0 atom stereocenters. The Kier molecular flexibility index (Phi) is 4.66. The molecule has 1 fully saturated rings. The van der Waals surface area contributed by atoms with Gasteiger partial charge in [-0.25, -0.2) is 4.98 Å². The monoisotopic (exact) mass is 282 g/mol. The summed E-state index contributed by atoms with van der Waals surface area (Å²) in [5.74, 6) is 1.55. The standard InChI is InChI=1S/C17H22N4/c1-2-5-9-14(8-4-1)19-16-12-13-18-17(21-16)20-15-10-6-3-7-11-15/h3,6-7,10-14H,1-2,4-5,8-9H2,(H2,18,19,20,21). The van der Waals surface area contributed by atoms with Crippen LogP contribution in [-0.2, 0) is 0 Å². The van der Waals surface area contributed by atoms with Crippen LogP contribution in [0.25, 0.3) is 0 Å². The lowest BCUT2D eigenvalue weighted by Gasteiger charge is -2.17. The highest BCUT2D eigenvalue weighted by Crippen LogP contribution is 2.21. The topological polar surface area (TPSA) is 49.8 Å². The third kappa shape index (κ3) is 4.18. The largest absolute Gasteiger partial charge is 0.367 e. The normalized spacial score (nSPS) is 16.2. The molecule has 1 aliphatic carbocycles. The molecular weight excluding hydrogens is 260 g/mol. The molecule has 0 bridgehead atoms. The fourth-order valence-corrected chi connectivity index (χ4v) is 2.78. The molecule has 110 valence electrons. The van der Waals surface area contributed by atoms with E-state index in [1.807, 2.05) is 36.4 Å². The number of hydrogen-bond donors (Lipinski definition) is 2. The number of anilines is 3. The summed E-state index contributed by atoms with van der Waals surface area (Å²) in [7, 11) is 0. The number of aromatic nitrogens is 2. The van der Waals surface area contributed by atoms with E-state index in [1.165, 1.54) is 38.5 Å². The number of hydrogen-bond acceptors (Lipinski definition) is 4. The summed E-state index contributed by atoms with van der Waals surface area (Å²) in [4.78, 5) is 8.84. The number of nitrogens with one attached hydrogen (secondary N) is 2. The highest BCUT2D eigenvalue weighted by molar-refractivity contribution is 5.54. The van der Waals surface area contributed by atoms with Gasteiger partial charge in [-0.3, -0.25) is 0 Å². The van der Waals surface area contributed by atoms with E-state index in [9.17, 15) is 0 Å². The van der Waals surface area contributed by atoms with Gasteiger partial charge in [0.05, 0.1) is 0 Å². The summed E-state index contributed by atoms with van der Waals surface area (Å²) in [5.41, 5.74) is 1.00. The van der Waals surface area contributed by atoms with Crippen molar-refractivity contribution < 1.29 is 0 Å². The molecule has 21 heavy (non-hydrogen) atoms. The van der Waals surface area contributed by atoms with Gasteiger partial charge < -0.3 is 10.6 Å². The fourth-order valence-electron chi connectivity index (χ4n) is 2.78. The van der Waals surface area contributed by atoms with Crippen LogP contribution in [-0.4, -0.2) is 16.0 Å². The van der Waals surface area contributed by atoms with Gasteiger partial charge in [-0.1, -0.05) is 43.9 Å². The number of nitrogens with zero attached hydrogens (tertiary/aromatic N) is 2. The van der Waals surface area contributed by atoms with Crippen molar-refractivity contribution in [2.24, 2.45) is 0 Å². The van der Waals surface area contributed by atoms with Gasteiger partial charge in [0, 0.05) is 17.9 Å². The second-order valence-electron chi connectivity index (χ2n) is 5.59. The Morgan fingerprint density at radius 1 is 0.905 bits per heavy atom. The molecule has 4 heteroatoms. The molecule has 2 N–H and O–H groups in total. The summed E-state index contributed by atoms with van der Waals surface area (Å²) >= 11 is 0. The summed E-state index contributed by atoms with van der Waals surface area (Å²) in [6.45, 7) is 0. The van der Waals surface area contributed by atoms with Crippen LogP contribution in [0.3, 0.4) is 0 Å². The maximum absolute atomic E-state index is 4.56. The van der Waals surface area contributed by atoms with E-state index >= 15 is 0 Å². The van der Waals surface area contributed by atoms with Crippen molar-refractivity contribution in [2.45, 2.75) is 44.6 Å². The zero-order chi connectivity index (χ0) is 14.3. The quantitative estimate of drug-likeness (QED) is 0.818. The molecular formula is C17H22N4. The van der Waals surface area contributed by atoms with Gasteiger partial charge in [0.1, 0.15) is 5.82 Å². The Morgan fingerprint density at radius 2 is 1.67 bits per heavy atom. The lowest BCUT2D eigenvalue weighted by molar-refractivity contribution is 0.617. The Labute approximate surface area is 126 Å². The summed E-state index contributed by atoms with van der Waals surface area (Å²) in [5, 5.41) is 6.79. The zero-order valence-corrected chi connectivity index (χ0v) is 12.3. The number of rotatable bonds is 4. The maximum Gasteiger partial charge on any atom is 0.229 e. The van der Waals surface area contributed by atoms with Crippen molar-refractivity contribution >= 4 is 17.5 Å². The van der Waals surface area contributed by atoms with Crippen LogP contribution in [0, 0.1) is 0 Å². The summed E-state index contributed by atoms with van der Waals surface area (Å²) in [6.07, 6.45) is 9.65. The molecule has 1 aliphatic rings. The SMILES string of the molecule is c1ccc(Nc2nccc(NC3CCCCCC3)n2)cc1. The van der Waals surface area contributed by atoms with E-state index < -0.39 is 0 Å². The molecule has 1 saturated carbocycles. The molecule has 0 amide bonds. The predicted molar refractivity (Wildman–Crippen MR) is 86.9 cm³/mol. The van der Waals surface area contributed by atoms with Crippen molar-refractivity contribution in [2.75, 3.05) is 10.6 Å². The van der Waals surface area contributed by atoms with Gasteiger partial charge in [0.15, 0.2) is 0 Å². The van der Waals surface area contributed by atoms with E-state index in [4.69, 9.17) is 0 Å². The minimum absolute atomic E-state index is 0.548. The van der Waals surface area contributed by atoms with Crippen molar-refractivity contribution in [3.63, 3.8) is 0 Å². The molecule has 0 radical (unpaired) electrons. The van der Waals surface area contributed by atoms with E-state index in [2.05, 4.69) is 20.6 Å². The third-order valence-electron chi connectivity index (χ3n) is 3.89. The summed E-state index contributed by atoms with van der Waals surface area (Å²) in [6, 6.07) is 12.5. The van der Waals surface area contributed by atoms with Gasteiger partial charge in [-0.2, -0.15) is 4.98 Å². The van der Waals surface area contributed by atoms with Crippen molar-refractivity contribution in [3.8, 4) is 0 Å².